The monoisotopic (exact) mass is 923 g/mol. The van der Waals surface area contributed by atoms with Crippen molar-refractivity contribution in [1.82, 2.24) is 30.4 Å². The van der Waals surface area contributed by atoms with Gasteiger partial charge in [-0.3, -0.25) is 14.5 Å². The number of ether oxygens (including phenoxy) is 5. The van der Waals surface area contributed by atoms with Crippen LogP contribution in [0.25, 0.3) is 22.3 Å². The summed E-state index contributed by atoms with van der Waals surface area (Å²) in [5, 5.41) is 12.8. The number of esters is 1. The Bertz CT molecular complexity index is 2220. The molecule has 2 aromatic heterocycles. The number of anilines is 1. The van der Waals surface area contributed by atoms with Gasteiger partial charge in [0, 0.05) is 48.9 Å². The van der Waals surface area contributed by atoms with Crippen LogP contribution in [0, 0.1) is 23.2 Å². The lowest BCUT2D eigenvalue weighted by Crippen LogP contribution is -2.59. The minimum Gasteiger partial charge on any atom is -0.491 e. The molecule has 348 valence electrons. The van der Waals surface area contributed by atoms with Crippen LogP contribution in [0.2, 0.25) is 5.02 Å². The Hall–Kier alpha value is -4.45. The summed E-state index contributed by atoms with van der Waals surface area (Å²) in [5.74, 6) is 0.517. The molecule has 3 aromatic rings. The van der Waals surface area contributed by atoms with Gasteiger partial charge >= 0.3 is 12.1 Å². The first-order valence-corrected chi connectivity index (χ1v) is 24.0. The summed E-state index contributed by atoms with van der Waals surface area (Å²) < 4.78 is 29.6. The topological polar surface area (TPSA) is 183 Å². The molecule has 4 heterocycles. The molecule has 2 saturated heterocycles. The zero-order chi connectivity index (χ0) is 45.5. The van der Waals surface area contributed by atoms with Gasteiger partial charge in [0.15, 0.2) is 5.13 Å². The Morgan fingerprint density at radius 3 is 2.44 bits per heavy atom. The quantitative estimate of drug-likeness (QED) is 0.137. The molecular formula is C46H62ClN7O9S. The van der Waals surface area contributed by atoms with Crippen molar-refractivity contribution in [2.45, 2.75) is 116 Å². The van der Waals surface area contributed by atoms with Crippen molar-refractivity contribution in [2.75, 3.05) is 58.4 Å². The molecule has 18 heteroatoms. The van der Waals surface area contributed by atoms with Crippen molar-refractivity contribution in [3.05, 3.63) is 28.6 Å². The molecule has 1 aromatic carbocycles. The minimum absolute atomic E-state index is 0.00339. The lowest BCUT2D eigenvalue weighted by Gasteiger charge is -2.35. The third-order valence-electron chi connectivity index (χ3n) is 13.3. The van der Waals surface area contributed by atoms with Gasteiger partial charge in [0.05, 0.1) is 38.1 Å². The molecule has 5 aliphatic rings. The van der Waals surface area contributed by atoms with Gasteiger partial charge < -0.3 is 44.5 Å². The molecule has 3 aliphatic carbocycles. The molecule has 2 aliphatic heterocycles. The Kier molecular flexibility index (Phi) is 13.5. The summed E-state index contributed by atoms with van der Waals surface area (Å²) in [6, 6.07) is 3.52. The van der Waals surface area contributed by atoms with Gasteiger partial charge in [-0.15, -0.1) is 11.3 Å². The molecule has 3 saturated carbocycles. The highest BCUT2D eigenvalue weighted by molar-refractivity contribution is 7.14. The van der Waals surface area contributed by atoms with Crippen LogP contribution in [0.5, 0.6) is 11.5 Å². The third kappa shape index (κ3) is 10.0. The fourth-order valence-corrected chi connectivity index (χ4v) is 10.7. The number of hydrogen-bond acceptors (Lipinski definition) is 14. The van der Waals surface area contributed by atoms with E-state index in [2.05, 4.69) is 20.9 Å². The second-order valence-corrected chi connectivity index (χ2v) is 20.6. The summed E-state index contributed by atoms with van der Waals surface area (Å²) in [4.78, 5) is 69.5. The van der Waals surface area contributed by atoms with Gasteiger partial charge in [0.25, 0.3) is 0 Å². The first-order valence-electron chi connectivity index (χ1n) is 22.7. The molecule has 0 radical (unpaired) electrons. The number of nitrogens with zero attached hydrogens (tertiary/aromatic N) is 4. The van der Waals surface area contributed by atoms with Crippen LogP contribution in [0.3, 0.4) is 0 Å². The number of fused-ring (bicyclic) bond motifs is 2. The normalized spacial score (nSPS) is 26.9. The smallest absolute Gasteiger partial charge is 0.408 e. The Balaban J connectivity index is 1.09. The fraction of sp³-hybridized carbons (Fsp3) is 0.652. The average Bonchev–Trinajstić information content (AvgIpc) is 3.92. The maximum Gasteiger partial charge on any atom is 0.408 e. The van der Waals surface area contributed by atoms with E-state index in [0.29, 0.717) is 89.9 Å². The maximum atomic E-state index is 14.9. The Morgan fingerprint density at radius 1 is 1.02 bits per heavy atom. The van der Waals surface area contributed by atoms with Crippen molar-refractivity contribution < 1.29 is 42.9 Å². The maximum absolute atomic E-state index is 14.9. The van der Waals surface area contributed by atoms with E-state index >= 15 is 0 Å². The Morgan fingerprint density at radius 2 is 1.77 bits per heavy atom. The van der Waals surface area contributed by atoms with Crippen molar-refractivity contribution in [2.24, 2.45) is 23.2 Å². The Labute approximate surface area is 383 Å². The van der Waals surface area contributed by atoms with Gasteiger partial charge in [0.2, 0.25) is 11.8 Å². The first-order chi connectivity index (χ1) is 30.6. The van der Waals surface area contributed by atoms with E-state index in [9.17, 15) is 19.2 Å². The van der Waals surface area contributed by atoms with E-state index in [1.54, 1.807) is 12.1 Å². The summed E-state index contributed by atoms with van der Waals surface area (Å²) in [5.41, 5.74) is -0.389. The number of alkyl carbamates (subject to hydrolysis) is 1. The summed E-state index contributed by atoms with van der Waals surface area (Å²) >= 11 is 8.58. The van der Waals surface area contributed by atoms with Crippen LogP contribution in [0.15, 0.2) is 23.6 Å². The average molecular weight is 925 g/mol. The van der Waals surface area contributed by atoms with E-state index in [0.717, 1.165) is 31.1 Å². The zero-order valence-electron chi connectivity index (χ0n) is 37.9. The SMILES string of the molecule is CC[C@@H]1C[C@]1(NC(=O)[C@@H]1C[C@@H](Oc2cc(-c3csc(NC(C)C)n3)nc3c(Cl)c(OCCN4CCOCC4)ccc23)CN1C(=O)[C@@H](NC(=O)O[C@H]1CC2C[C@H]2C1)C(C)(C)C)C(=O)OC. The number of methoxy groups -OCH3 is 1. The number of benzene rings is 1. The van der Waals surface area contributed by atoms with Crippen LogP contribution in [-0.2, 0) is 28.6 Å². The highest BCUT2D eigenvalue weighted by Crippen LogP contribution is 2.52. The largest absolute Gasteiger partial charge is 0.491 e. The molecule has 8 rings (SSSR count). The number of aromatic nitrogens is 2. The number of nitrogens with one attached hydrogen (secondary N) is 3. The van der Waals surface area contributed by atoms with Crippen molar-refractivity contribution >= 4 is 62.8 Å². The number of rotatable bonds is 16. The predicted octanol–water partition coefficient (Wildman–Crippen LogP) is 6.29. The van der Waals surface area contributed by atoms with Crippen molar-refractivity contribution in [3.63, 3.8) is 0 Å². The van der Waals surface area contributed by atoms with Crippen LogP contribution in [0.1, 0.15) is 80.1 Å². The summed E-state index contributed by atoms with van der Waals surface area (Å²) in [6.07, 6.45) is 2.47. The standard InChI is InChI=1S/C46H62ClN7O9S/c1-8-28-22-46(28,42(57)59-7)52-40(55)34-20-30(23-54(34)41(56)39(45(4,5)6)51-44(58)63-29-18-26-17-27(26)19-29)62-36-21-32(33-24-64-43(50-33)48-25(2)3)49-38-31(36)9-10-35(37(38)47)61-16-13-53-11-14-60-15-12-53/h9-10,21,24-30,34,39H,8,11-20,22-23H2,1-7H3,(H,48,50)(H,51,58)(H,52,55)/t26-,27?,28+,29+,30+,34-,39+,46+/m0/s1. The van der Waals surface area contributed by atoms with Gasteiger partial charge in [-0.1, -0.05) is 45.7 Å². The number of carbonyl (C=O) groups is 4. The van der Waals surface area contributed by atoms with Gasteiger partial charge in [-0.05, 0) is 74.8 Å². The summed E-state index contributed by atoms with van der Waals surface area (Å²) in [7, 11) is 1.30. The first kappa shape index (κ1) is 46.1. The van der Waals surface area contributed by atoms with Gasteiger partial charge in [-0.25, -0.2) is 19.6 Å². The van der Waals surface area contributed by atoms with E-state index in [1.165, 1.54) is 29.8 Å². The molecule has 0 bridgehead atoms. The molecule has 3 amide bonds. The van der Waals surface area contributed by atoms with Crippen LogP contribution in [-0.4, -0.2) is 133 Å². The molecule has 1 unspecified atom stereocenters. The lowest BCUT2D eigenvalue weighted by molar-refractivity contribution is -0.148. The number of hydrogen-bond donors (Lipinski definition) is 3. The number of likely N-dealkylation sites (tertiary alicyclic amines) is 1. The zero-order valence-corrected chi connectivity index (χ0v) is 39.4. The highest BCUT2D eigenvalue weighted by Gasteiger charge is 2.62. The number of thiazole rings is 1. The molecule has 5 fully saturated rings. The highest BCUT2D eigenvalue weighted by atomic mass is 35.5. The number of amides is 3. The third-order valence-corrected chi connectivity index (χ3v) is 14.4. The van der Waals surface area contributed by atoms with Crippen LogP contribution < -0.4 is 25.4 Å². The second kappa shape index (κ2) is 18.8. The molecular weight excluding hydrogens is 862 g/mol. The van der Waals surface area contributed by atoms with Crippen molar-refractivity contribution in [1.29, 1.82) is 0 Å². The van der Waals surface area contributed by atoms with Gasteiger partial charge in [-0.2, -0.15) is 0 Å². The molecule has 8 atom stereocenters. The van der Waals surface area contributed by atoms with E-state index in [4.69, 9.17) is 45.3 Å². The fourth-order valence-electron chi connectivity index (χ4n) is 9.55. The molecule has 3 N–H and O–H groups in total. The molecule has 16 nitrogen and oxygen atoms in total. The van der Waals surface area contributed by atoms with E-state index in [1.807, 2.05) is 53.0 Å². The number of carbonyl (C=O) groups excluding carboxylic acids is 4. The predicted molar refractivity (Wildman–Crippen MR) is 243 cm³/mol. The summed E-state index contributed by atoms with van der Waals surface area (Å²) in [6.45, 7) is 15.8. The molecule has 64 heavy (non-hydrogen) atoms. The van der Waals surface area contributed by atoms with Crippen molar-refractivity contribution in [3.8, 4) is 22.9 Å². The number of morpholine rings is 1. The number of halogens is 1. The van der Waals surface area contributed by atoms with Crippen LogP contribution >= 0.6 is 22.9 Å². The van der Waals surface area contributed by atoms with Crippen LogP contribution in [0.4, 0.5) is 9.93 Å². The van der Waals surface area contributed by atoms with Gasteiger partial charge in [0.1, 0.15) is 58.7 Å². The van der Waals surface area contributed by atoms with E-state index in [-0.39, 0.29) is 31.0 Å². The second-order valence-electron chi connectivity index (χ2n) is 19.4. The lowest BCUT2D eigenvalue weighted by atomic mass is 9.85. The van der Waals surface area contributed by atoms with E-state index < -0.39 is 53.0 Å². The molecule has 0 spiro atoms. The minimum atomic E-state index is -1.19. The number of pyridine rings is 1.